The van der Waals surface area contributed by atoms with E-state index in [2.05, 4.69) is 10.00 Å². The van der Waals surface area contributed by atoms with E-state index in [-0.39, 0.29) is 5.91 Å². The van der Waals surface area contributed by atoms with Gasteiger partial charge in [-0.1, -0.05) is 23.7 Å². The molecule has 1 saturated heterocycles. The lowest BCUT2D eigenvalue weighted by atomic mass is 10.2. The van der Waals surface area contributed by atoms with Crippen LogP contribution in [0.1, 0.15) is 22.3 Å². The molecule has 2 heterocycles. The molecule has 3 rings (SSSR count). The van der Waals surface area contributed by atoms with Crippen molar-refractivity contribution >= 4 is 17.5 Å². The predicted molar refractivity (Wildman–Crippen MR) is 90.5 cm³/mol. The highest BCUT2D eigenvalue weighted by Gasteiger charge is 2.21. The van der Waals surface area contributed by atoms with Crippen LogP contribution in [0.3, 0.4) is 0 Å². The van der Waals surface area contributed by atoms with Crippen molar-refractivity contribution in [3.8, 4) is 0 Å². The molecule has 6 heteroatoms. The maximum atomic E-state index is 12.7. The number of amides is 1. The smallest absolute Gasteiger partial charge is 0.255 e. The molecule has 122 valence electrons. The van der Waals surface area contributed by atoms with E-state index in [0.717, 1.165) is 39.1 Å². The number of hydrogen-bond acceptors (Lipinski definition) is 3. The molecule has 0 aliphatic carbocycles. The average molecular weight is 333 g/mol. The zero-order valence-corrected chi connectivity index (χ0v) is 14.0. The van der Waals surface area contributed by atoms with Crippen LogP contribution in [0.25, 0.3) is 0 Å². The second-order valence-electron chi connectivity index (χ2n) is 5.92. The molecule has 0 radical (unpaired) electrons. The summed E-state index contributed by atoms with van der Waals surface area (Å²) < 4.78 is 1.82. The van der Waals surface area contributed by atoms with E-state index in [9.17, 15) is 4.79 Å². The molecule has 0 saturated carbocycles. The Bertz CT molecular complexity index is 685. The van der Waals surface area contributed by atoms with Crippen LogP contribution in [0, 0.1) is 0 Å². The van der Waals surface area contributed by atoms with Gasteiger partial charge in [0.05, 0.1) is 16.8 Å². The van der Waals surface area contributed by atoms with Crippen molar-refractivity contribution in [3.05, 3.63) is 52.8 Å². The summed E-state index contributed by atoms with van der Waals surface area (Å²) in [4.78, 5) is 16.9. The third kappa shape index (κ3) is 3.92. The third-order valence-electron chi connectivity index (χ3n) is 4.14. The average Bonchev–Trinajstić information content (AvgIpc) is 2.81. The predicted octanol–water partition coefficient (Wildman–Crippen LogP) is 2.42. The second kappa shape index (κ2) is 7.15. The summed E-state index contributed by atoms with van der Waals surface area (Å²) in [5, 5.41) is 4.73. The van der Waals surface area contributed by atoms with Crippen molar-refractivity contribution in [3.63, 3.8) is 0 Å². The quantitative estimate of drug-likeness (QED) is 0.866. The molecule has 0 unspecified atom stereocenters. The van der Waals surface area contributed by atoms with Crippen molar-refractivity contribution < 1.29 is 4.79 Å². The first-order chi connectivity index (χ1) is 11.1. The van der Waals surface area contributed by atoms with Gasteiger partial charge >= 0.3 is 0 Å². The Morgan fingerprint density at radius 2 is 2.04 bits per heavy atom. The van der Waals surface area contributed by atoms with Gasteiger partial charge in [-0.25, -0.2) is 0 Å². The summed E-state index contributed by atoms with van der Waals surface area (Å²) in [7, 11) is 1.93. The number of benzene rings is 1. The Morgan fingerprint density at radius 1 is 1.22 bits per heavy atom. The molecule has 1 aliphatic rings. The molecule has 0 N–H and O–H groups in total. The van der Waals surface area contributed by atoms with E-state index in [0.29, 0.717) is 10.6 Å². The molecule has 1 amide bonds. The van der Waals surface area contributed by atoms with Gasteiger partial charge in [-0.15, -0.1) is 0 Å². The first kappa shape index (κ1) is 16.0. The van der Waals surface area contributed by atoms with Crippen molar-refractivity contribution in [2.75, 3.05) is 26.2 Å². The van der Waals surface area contributed by atoms with Gasteiger partial charge in [0.2, 0.25) is 0 Å². The topological polar surface area (TPSA) is 41.4 Å². The van der Waals surface area contributed by atoms with Gasteiger partial charge in [0.25, 0.3) is 5.91 Å². The summed E-state index contributed by atoms with van der Waals surface area (Å²) in [6.45, 7) is 4.23. The van der Waals surface area contributed by atoms with E-state index in [4.69, 9.17) is 11.6 Å². The lowest BCUT2D eigenvalue weighted by Crippen LogP contribution is -2.35. The molecular weight excluding hydrogens is 312 g/mol. The monoisotopic (exact) mass is 332 g/mol. The molecule has 1 aromatic carbocycles. The number of halogens is 1. The van der Waals surface area contributed by atoms with Gasteiger partial charge in [-0.2, -0.15) is 5.10 Å². The molecule has 1 aromatic heterocycles. The third-order valence-corrected chi connectivity index (χ3v) is 4.47. The van der Waals surface area contributed by atoms with E-state index >= 15 is 0 Å². The minimum atomic E-state index is 0.0267. The minimum absolute atomic E-state index is 0.0267. The van der Waals surface area contributed by atoms with E-state index in [1.807, 2.05) is 41.2 Å². The van der Waals surface area contributed by atoms with Crippen LogP contribution in [0.2, 0.25) is 5.02 Å². The number of carbonyl (C=O) groups is 1. The van der Waals surface area contributed by atoms with Gasteiger partial charge in [-0.3, -0.25) is 14.4 Å². The fraction of sp³-hybridized carbons (Fsp3) is 0.412. The Hall–Kier alpha value is -1.85. The highest BCUT2D eigenvalue weighted by atomic mass is 35.5. The highest BCUT2D eigenvalue weighted by molar-refractivity contribution is 6.33. The van der Waals surface area contributed by atoms with Crippen molar-refractivity contribution in [1.29, 1.82) is 0 Å². The summed E-state index contributed by atoms with van der Waals surface area (Å²) in [5.74, 6) is 0.0267. The van der Waals surface area contributed by atoms with Crippen LogP contribution in [-0.4, -0.2) is 51.7 Å². The maximum Gasteiger partial charge on any atom is 0.255 e. The van der Waals surface area contributed by atoms with Crippen LogP contribution in [0.15, 0.2) is 36.7 Å². The zero-order valence-electron chi connectivity index (χ0n) is 13.3. The lowest BCUT2D eigenvalue weighted by Gasteiger charge is -2.22. The maximum absolute atomic E-state index is 12.7. The molecular formula is C17H21ClN4O. The molecule has 5 nitrogen and oxygen atoms in total. The minimum Gasteiger partial charge on any atom is -0.337 e. The van der Waals surface area contributed by atoms with Crippen LogP contribution in [0.5, 0.6) is 0 Å². The molecule has 2 aromatic rings. The standard InChI is InChI=1S/C17H21ClN4O/c1-20-12-14(11-19-20)13-21-7-4-8-22(10-9-21)17(23)15-5-2-3-6-16(15)18/h2-3,5-6,11-12H,4,7-10,13H2,1H3. The first-order valence-corrected chi connectivity index (χ1v) is 8.25. The summed E-state index contributed by atoms with van der Waals surface area (Å²) in [6.07, 6.45) is 4.91. The van der Waals surface area contributed by atoms with Crippen LogP contribution in [0.4, 0.5) is 0 Å². The van der Waals surface area contributed by atoms with Gasteiger partial charge < -0.3 is 4.90 Å². The highest BCUT2D eigenvalue weighted by Crippen LogP contribution is 2.18. The largest absolute Gasteiger partial charge is 0.337 e. The van der Waals surface area contributed by atoms with Crippen LogP contribution < -0.4 is 0 Å². The Morgan fingerprint density at radius 3 is 2.78 bits per heavy atom. The number of nitrogens with zero attached hydrogens (tertiary/aromatic N) is 4. The van der Waals surface area contributed by atoms with E-state index in [1.54, 1.807) is 12.1 Å². The van der Waals surface area contributed by atoms with Gasteiger partial charge in [0.1, 0.15) is 0 Å². The normalized spacial score (nSPS) is 16.3. The molecule has 23 heavy (non-hydrogen) atoms. The SMILES string of the molecule is Cn1cc(CN2CCCN(C(=O)c3ccccc3Cl)CC2)cn1. The lowest BCUT2D eigenvalue weighted by molar-refractivity contribution is 0.0761. The number of aryl methyl sites for hydroxylation is 1. The first-order valence-electron chi connectivity index (χ1n) is 7.87. The fourth-order valence-corrected chi connectivity index (χ4v) is 3.17. The summed E-state index contributed by atoms with van der Waals surface area (Å²) in [6, 6.07) is 7.26. The second-order valence-corrected chi connectivity index (χ2v) is 6.33. The molecule has 1 aliphatic heterocycles. The van der Waals surface area contributed by atoms with Gasteiger partial charge in [0.15, 0.2) is 0 Å². The van der Waals surface area contributed by atoms with Crippen molar-refractivity contribution in [2.45, 2.75) is 13.0 Å². The molecule has 0 bridgehead atoms. The zero-order chi connectivity index (χ0) is 16.2. The van der Waals surface area contributed by atoms with E-state index < -0.39 is 0 Å². The van der Waals surface area contributed by atoms with Crippen LogP contribution in [-0.2, 0) is 13.6 Å². The Labute approximate surface area is 141 Å². The Kier molecular flexibility index (Phi) is 4.98. The van der Waals surface area contributed by atoms with E-state index in [1.165, 1.54) is 5.56 Å². The molecule has 0 atom stereocenters. The van der Waals surface area contributed by atoms with Gasteiger partial charge in [0, 0.05) is 51.5 Å². The number of carbonyl (C=O) groups excluding carboxylic acids is 1. The van der Waals surface area contributed by atoms with Gasteiger partial charge in [-0.05, 0) is 18.6 Å². The number of aromatic nitrogens is 2. The van der Waals surface area contributed by atoms with Crippen LogP contribution >= 0.6 is 11.6 Å². The fourth-order valence-electron chi connectivity index (χ4n) is 2.95. The van der Waals surface area contributed by atoms with Crippen molar-refractivity contribution in [2.24, 2.45) is 7.05 Å². The number of rotatable bonds is 3. The summed E-state index contributed by atoms with van der Waals surface area (Å²) in [5.41, 5.74) is 1.80. The molecule has 1 fully saturated rings. The number of hydrogen-bond donors (Lipinski definition) is 0. The summed E-state index contributed by atoms with van der Waals surface area (Å²) >= 11 is 6.15. The van der Waals surface area contributed by atoms with Crippen molar-refractivity contribution in [1.82, 2.24) is 19.6 Å². The molecule has 0 spiro atoms. The Balaban J connectivity index is 1.62.